The zero-order chi connectivity index (χ0) is 12.8. The Morgan fingerprint density at radius 2 is 2.11 bits per heavy atom. The second-order valence-corrected chi connectivity index (χ2v) is 4.28. The molecule has 1 aromatic rings. The molecule has 0 amide bonds. The summed E-state index contributed by atoms with van der Waals surface area (Å²) in [6, 6.07) is 7.24. The van der Waals surface area contributed by atoms with Crippen molar-refractivity contribution in [1.82, 2.24) is 0 Å². The lowest BCUT2D eigenvalue weighted by molar-refractivity contribution is 0.224. The highest BCUT2D eigenvalue weighted by Crippen LogP contribution is 2.25. The first kappa shape index (κ1) is 12.7. The summed E-state index contributed by atoms with van der Waals surface area (Å²) in [4.78, 5) is 0. The van der Waals surface area contributed by atoms with E-state index in [1.807, 2.05) is 42.5 Å². The molecule has 2 rings (SSSR count). The van der Waals surface area contributed by atoms with Gasteiger partial charge < -0.3 is 10.2 Å². The molecule has 0 heterocycles. The number of azo groups is 1. The van der Waals surface area contributed by atoms with E-state index in [4.69, 9.17) is 5.11 Å². The van der Waals surface area contributed by atoms with Crippen LogP contribution in [-0.2, 0) is 6.61 Å². The van der Waals surface area contributed by atoms with Gasteiger partial charge in [-0.25, -0.2) is 0 Å². The Kier molecular flexibility index (Phi) is 4.02. The van der Waals surface area contributed by atoms with Gasteiger partial charge in [-0.1, -0.05) is 36.4 Å². The van der Waals surface area contributed by atoms with E-state index in [1.165, 1.54) is 0 Å². The summed E-state index contributed by atoms with van der Waals surface area (Å²) >= 11 is 0. The van der Waals surface area contributed by atoms with Crippen LogP contribution in [0.5, 0.6) is 0 Å². The van der Waals surface area contributed by atoms with Gasteiger partial charge in [-0.15, -0.1) is 0 Å². The molecule has 4 heteroatoms. The summed E-state index contributed by atoms with van der Waals surface area (Å²) in [7, 11) is 0. The summed E-state index contributed by atoms with van der Waals surface area (Å²) < 4.78 is 0. The summed E-state index contributed by atoms with van der Waals surface area (Å²) in [5.74, 6) is 0. The van der Waals surface area contributed by atoms with Crippen molar-refractivity contribution >= 4 is 5.69 Å². The van der Waals surface area contributed by atoms with E-state index < -0.39 is 5.54 Å². The van der Waals surface area contributed by atoms with Crippen molar-refractivity contribution in [2.75, 3.05) is 6.61 Å². The number of hydrogen-bond donors (Lipinski definition) is 2. The third-order valence-electron chi connectivity index (χ3n) is 2.86. The molecule has 1 atom stereocenters. The Morgan fingerprint density at radius 1 is 1.22 bits per heavy atom. The molecule has 0 aromatic heterocycles. The van der Waals surface area contributed by atoms with Crippen LogP contribution in [0.25, 0.3) is 0 Å². The van der Waals surface area contributed by atoms with Crippen molar-refractivity contribution in [3.05, 3.63) is 54.1 Å². The van der Waals surface area contributed by atoms with Gasteiger partial charge in [-0.05, 0) is 24.1 Å². The van der Waals surface area contributed by atoms with Gasteiger partial charge >= 0.3 is 0 Å². The fourth-order valence-electron chi connectivity index (χ4n) is 1.75. The van der Waals surface area contributed by atoms with E-state index in [-0.39, 0.29) is 13.2 Å². The maximum Gasteiger partial charge on any atom is 0.127 e. The van der Waals surface area contributed by atoms with Crippen LogP contribution >= 0.6 is 0 Å². The SMILES string of the molecule is OCc1cccc(/N=N/C2(CO)C=CC=CC2)c1. The summed E-state index contributed by atoms with van der Waals surface area (Å²) in [6.07, 6.45) is 8.24. The van der Waals surface area contributed by atoms with Crippen molar-refractivity contribution in [2.45, 2.75) is 18.6 Å². The molecule has 1 unspecified atom stereocenters. The van der Waals surface area contributed by atoms with Gasteiger partial charge in [-0.2, -0.15) is 10.2 Å². The average Bonchev–Trinajstić information content (AvgIpc) is 2.46. The molecule has 1 aliphatic rings. The Bertz CT molecular complexity index is 494. The van der Waals surface area contributed by atoms with E-state index in [1.54, 1.807) is 6.07 Å². The van der Waals surface area contributed by atoms with Gasteiger partial charge in [0.25, 0.3) is 0 Å². The lowest BCUT2D eigenvalue weighted by Crippen LogP contribution is -2.28. The van der Waals surface area contributed by atoms with Gasteiger partial charge in [0.05, 0.1) is 18.9 Å². The van der Waals surface area contributed by atoms with Crippen molar-refractivity contribution in [3.8, 4) is 0 Å². The molecule has 0 saturated carbocycles. The molecule has 0 bridgehead atoms. The highest BCUT2D eigenvalue weighted by Gasteiger charge is 2.25. The van der Waals surface area contributed by atoms with Crippen LogP contribution in [0.2, 0.25) is 0 Å². The Hall–Kier alpha value is -1.78. The van der Waals surface area contributed by atoms with Crippen molar-refractivity contribution in [1.29, 1.82) is 0 Å². The lowest BCUT2D eigenvalue weighted by atomic mass is 9.93. The number of benzene rings is 1. The molecule has 4 nitrogen and oxygen atoms in total. The summed E-state index contributed by atoms with van der Waals surface area (Å²) in [6.45, 7) is -0.0891. The second kappa shape index (κ2) is 5.71. The largest absolute Gasteiger partial charge is 0.393 e. The minimum absolute atomic E-state index is 0.0167. The highest BCUT2D eigenvalue weighted by atomic mass is 16.3. The Balaban J connectivity index is 2.18. The van der Waals surface area contributed by atoms with Crippen LogP contribution in [0.15, 0.2) is 58.8 Å². The fourth-order valence-corrected chi connectivity index (χ4v) is 1.75. The first-order chi connectivity index (χ1) is 8.78. The highest BCUT2D eigenvalue weighted by molar-refractivity contribution is 5.39. The summed E-state index contributed by atoms with van der Waals surface area (Å²) in [5, 5.41) is 26.9. The van der Waals surface area contributed by atoms with E-state index in [0.29, 0.717) is 12.1 Å². The predicted molar refractivity (Wildman–Crippen MR) is 69.6 cm³/mol. The van der Waals surface area contributed by atoms with Crippen molar-refractivity contribution < 1.29 is 10.2 Å². The van der Waals surface area contributed by atoms with E-state index in [2.05, 4.69) is 10.2 Å². The molecule has 0 fully saturated rings. The molecule has 94 valence electrons. The molecule has 0 spiro atoms. The Morgan fingerprint density at radius 3 is 2.78 bits per heavy atom. The maximum absolute atomic E-state index is 9.44. The average molecular weight is 244 g/mol. The van der Waals surface area contributed by atoms with Gasteiger partial charge in [-0.3, -0.25) is 0 Å². The maximum atomic E-state index is 9.44. The fraction of sp³-hybridized carbons (Fsp3) is 0.286. The molecular weight excluding hydrogens is 228 g/mol. The van der Waals surface area contributed by atoms with Crippen LogP contribution in [0, 0.1) is 0 Å². The lowest BCUT2D eigenvalue weighted by Gasteiger charge is -2.22. The monoisotopic (exact) mass is 244 g/mol. The summed E-state index contributed by atoms with van der Waals surface area (Å²) in [5.41, 5.74) is 0.824. The van der Waals surface area contributed by atoms with Crippen LogP contribution in [-0.4, -0.2) is 22.4 Å². The van der Waals surface area contributed by atoms with Gasteiger partial charge in [0.2, 0.25) is 0 Å². The quantitative estimate of drug-likeness (QED) is 0.799. The van der Waals surface area contributed by atoms with Crippen molar-refractivity contribution in [2.24, 2.45) is 10.2 Å². The number of allylic oxidation sites excluding steroid dienone is 2. The second-order valence-electron chi connectivity index (χ2n) is 4.28. The molecule has 2 N–H and O–H groups in total. The van der Waals surface area contributed by atoms with Crippen LogP contribution < -0.4 is 0 Å². The molecule has 1 aromatic carbocycles. The molecule has 1 aliphatic carbocycles. The zero-order valence-corrected chi connectivity index (χ0v) is 10.0. The molecule has 18 heavy (non-hydrogen) atoms. The third kappa shape index (κ3) is 2.91. The molecule has 0 radical (unpaired) electrons. The van der Waals surface area contributed by atoms with Crippen LogP contribution in [0.1, 0.15) is 12.0 Å². The number of rotatable bonds is 4. The molecular formula is C14H16N2O2. The number of hydrogen-bond acceptors (Lipinski definition) is 4. The number of aliphatic hydroxyl groups is 2. The topological polar surface area (TPSA) is 65.2 Å². The third-order valence-corrected chi connectivity index (χ3v) is 2.86. The van der Waals surface area contributed by atoms with Gasteiger partial charge in [0.15, 0.2) is 0 Å². The van der Waals surface area contributed by atoms with Gasteiger partial charge in [0.1, 0.15) is 5.54 Å². The van der Waals surface area contributed by atoms with E-state index in [0.717, 1.165) is 5.56 Å². The van der Waals surface area contributed by atoms with Gasteiger partial charge in [0, 0.05) is 0 Å². The predicted octanol–water partition coefficient (Wildman–Crippen LogP) is 2.51. The van der Waals surface area contributed by atoms with E-state index >= 15 is 0 Å². The first-order valence-corrected chi connectivity index (χ1v) is 5.86. The molecule has 0 saturated heterocycles. The Labute approximate surface area is 106 Å². The normalized spacial score (nSPS) is 22.8. The van der Waals surface area contributed by atoms with Crippen molar-refractivity contribution in [3.63, 3.8) is 0 Å². The van der Waals surface area contributed by atoms with Crippen LogP contribution in [0.3, 0.4) is 0 Å². The standard InChI is InChI=1S/C14H16N2O2/c17-10-12-5-4-6-13(9-12)15-16-14(11-18)7-2-1-3-8-14/h1-7,9,17-18H,8,10-11H2/b16-15+. The minimum atomic E-state index is -0.649. The van der Waals surface area contributed by atoms with Crippen LogP contribution in [0.4, 0.5) is 5.69 Å². The van der Waals surface area contributed by atoms with E-state index in [9.17, 15) is 5.11 Å². The minimum Gasteiger partial charge on any atom is -0.393 e. The number of aliphatic hydroxyl groups excluding tert-OH is 2. The number of nitrogens with zero attached hydrogens (tertiary/aromatic N) is 2. The first-order valence-electron chi connectivity index (χ1n) is 5.86. The smallest absolute Gasteiger partial charge is 0.127 e. The zero-order valence-electron chi connectivity index (χ0n) is 10.0. The molecule has 0 aliphatic heterocycles.